The van der Waals surface area contributed by atoms with E-state index in [0.29, 0.717) is 19.2 Å². The van der Waals surface area contributed by atoms with Gasteiger partial charge in [0.15, 0.2) is 5.69 Å². The molecule has 1 aromatic heterocycles. The lowest BCUT2D eigenvalue weighted by Gasteiger charge is -2.32. The number of rotatable bonds is 6. The fraction of sp³-hybridized carbons (Fsp3) is 0.429. The normalized spacial score (nSPS) is 20.6. The molecule has 1 aromatic rings. The van der Waals surface area contributed by atoms with Gasteiger partial charge in [0.2, 0.25) is 0 Å². The lowest BCUT2D eigenvalue weighted by Crippen LogP contribution is -2.50. The Balaban J connectivity index is 0.000000663. The summed E-state index contributed by atoms with van der Waals surface area (Å²) >= 11 is 0. The number of nitrogens with zero attached hydrogens (tertiary/aromatic N) is 3. The maximum Gasteiger partial charge on any atom is 0.434 e. The van der Waals surface area contributed by atoms with Crippen molar-refractivity contribution in [3.63, 3.8) is 0 Å². The van der Waals surface area contributed by atoms with Gasteiger partial charge in [0.25, 0.3) is 5.91 Å². The molecular formula is C21H30F3N5O4. The molecule has 1 aliphatic heterocycles. The summed E-state index contributed by atoms with van der Waals surface area (Å²) in [6.07, 6.45) is 0.883. The largest absolute Gasteiger partial charge is 0.434 e. The van der Waals surface area contributed by atoms with Crippen LogP contribution in [0.15, 0.2) is 54.5 Å². The molecule has 1 aliphatic rings. The minimum absolute atomic E-state index is 0.0924. The van der Waals surface area contributed by atoms with Gasteiger partial charge in [0.05, 0.1) is 18.5 Å². The fourth-order valence-electron chi connectivity index (χ4n) is 2.26. The zero-order valence-corrected chi connectivity index (χ0v) is 18.5. The molecule has 12 heteroatoms. The van der Waals surface area contributed by atoms with E-state index < -0.39 is 36.1 Å². The number of hydrogen-bond donors (Lipinski definition) is 4. The molecule has 0 spiro atoms. The smallest absolute Gasteiger partial charge is 0.390 e. The second-order valence-electron chi connectivity index (χ2n) is 6.09. The minimum atomic E-state index is -4.47. The molecule has 5 N–H and O–H groups in total. The van der Waals surface area contributed by atoms with Gasteiger partial charge in [-0.15, -0.1) is 0 Å². The first-order valence-corrected chi connectivity index (χ1v) is 9.98. The van der Waals surface area contributed by atoms with E-state index in [1.54, 1.807) is 0 Å². The van der Waals surface area contributed by atoms with Gasteiger partial charge >= 0.3 is 6.18 Å². The van der Waals surface area contributed by atoms with Crippen molar-refractivity contribution in [2.75, 3.05) is 18.9 Å². The van der Waals surface area contributed by atoms with Gasteiger partial charge < -0.3 is 26.0 Å². The highest BCUT2D eigenvalue weighted by molar-refractivity contribution is 5.95. The number of alkyl halides is 3. The maximum absolute atomic E-state index is 11.9. The Hall–Kier alpha value is -3.09. The number of hydrogen-bond acceptors (Lipinski definition) is 8. The van der Waals surface area contributed by atoms with Crippen molar-refractivity contribution in [2.24, 2.45) is 4.99 Å². The van der Waals surface area contributed by atoms with E-state index in [0.717, 1.165) is 6.20 Å². The first kappa shape index (κ1) is 29.9. The van der Waals surface area contributed by atoms with E-state index >= 15 is 0 Å². The minimum Gasteiger partial charge on any atom is -0.390 e. The highest BCUT2D eigenvalue weighted by Crippen LogP contribution is 2.26. The summed E-state index contributed by atoms with van der Waals surface area (Å²) in [4.78, 5) is 22.1. The first-order valence-electron chi connectivity index (χ1n) is 9.98. The number of allylic oxidation sites excluding steroid dienone is 3. The van der Waals surface area contributed by atoms with Crippen LogP contribution in [0.2, 0.25) is 0 Å². The number of aliphatic imine (C=N–C) groups is 1. The number of nitrogens with one attached hydrogen (secondary N) is 1. The van der Waals surface area contributed by atoms with Crippen LogP contribution in [-0.2, 0) is 15.7 Å². The third-order valence-corrected chi connectivity index (χ3v) is 3.76. The number of anilines is 1. The Bertz CT molecular complexity index is 815. The van der Waals surface area contributed by atoms with E-state index in [-0.39, 0.29) is 18.1 Å². The average Bonchev–Trinajstić information content (AvgIpc) is 2.78. The van der Waals surface area contributed by atoms with Crippen LogP contribution in [0.4, 0.5) is 19.0 Å². The molecule has 0 radical (unpaired) electrons. The SMILES string of the molecule is C=CC=N/C(=C\C=C)C(=O)NCC1OCCC(O)C1O.CC.Nc1cncc(C(F)(F)F)n1. The van der Waals surface area contributed by atoms with Gasteiger partial charge in [0, 0.05) is 19.4 Å². The molecule has 0 saturated carbocycles. The van der Waals surface area contributed by atoms with Crippen molar-refractivity contribution in [2.45, 2.75) is 44.8 Å². The second-order valence-corrected chi connectivity index (χ2v) is 6.09. The summed E-state index contributed by atoms with van der Waals surface area (Å²) in [5.74, 6) is -0.654. The van der Waals surface area contributed by atoms with E-state index in [2.05, 4.69) is 33.4 Å². The Morgan fingerprint density at radius 3 is 2.52 bits per heavy atom. The quantitative estimate of drug-likeness (QED) is 0.281. The summed E-state index contributed by atoms with van der Waals surface area (Å²) in [6.45, 7) is 11.4. The molecule has 184 valence electrons. The number of aliphatic hydroxyl groups is 2. The standard InChI is InChI=1S/C14H20N2O4.C5H4F3N3.C2H6/c1-3-5-10(15-7-4-2)14(19)16-9-12-13(18)11(17)6-8-20-12;6-5(7,8)3-1-10-2-4(9)11-3;1-2/h3-5,7,11-13,17-18H,1-2,6,8-9H2,(H,16,19);1-2H,(H2,9,11);1-2H3/b10-5-,15-7?;;. The third kappa shape index (κ3) is 11.4. The maximum atomic E-state index is 11.9. The molecule has 33 heavy (non-hydrogen) atoms. The van der Waals surface area contributed by atoms with E-state index in [1.165, 1.54) is 24.4 Å². The van der Waals surface area contributed by atoms with Crippen LogP contribution in [-0.4, -0.2) is 63.8 Å². The topological polar surface area (TPSA) is 143 Å². The van der Waals surface area contributed by atoms with Crippen LogP contribution in [0, 0.1) is 0 Å². The number of aromatic nitrogens is 2. The summed E-state index contributed by atoms with van der Waals surface area (Å²) in [5, 5.41) is 21.9. The second kappa shape index (κ2) is 15.7. The van der Waals surface area contributed by atoms with Crippen LogP contribution >= 0.6 is 0 Å². The fourth-order valence-corrected chi connectivity index (χ4v) is 2.26. The number of amides is 1. The number of nitrogen functional groups attached to an aromatic ring is 1. The molecule has 2 heterocycles. The Morgan fingerprint density at radius 2 is 2.00 bits per heavy atom. The molecule has 0 aromatic carbocycles. The van der Waals surface area contributed by atoms with Gasteiger partial charge in [-0.25, -0.2) is 4.98 Å². The van der Waals surface area contributed by atoms with Crippen molar-refractivity contribution >= 4 is 17.9 Å². The number of aliphatic hydroxyl groups excluding tert-OH is 2. The van der Waals surface area contributed by atoms with Crippen LogP contribution in [0.25, 0.3) is 0 Å². The molecule has 1 fully saturated rings. The zero-order valence-electron chi connectivity index (χ0n) is 18.5. The van der Waals surface area contributed by atoms with Gasteiger partial charge in [-0.2, -0.15) is 13.2 Å². The predicted octanol–water partition coefficient (Wildman–Crippen LogP) is 2.04. The lowest BCUT2D eigenvalue weighted by molar-refractivity contribution is -0.141. The summed E-state index contributed by atoms with van der Waals surface area (Å²) in [5.41, 5.74) is 4.08. The van der Waals surface area contributed by atoms with Gasteiger partial charge in [0.1, 0.15) is 23.7 Å². The molecule has 0 aliphatic carbocycles. The van der Waals surface area contributed by atoms with E-state index in [4.69, 9.17) is 10.5 Å². The highest BCUT2D eigenvalue weighted by Gasteiger charge is 2.33. The highest BCUT2D eigenvalue weighted by atomic mass is 19.4. The van der Waals surface area contributed by atoms with Crippen LogP contribution < -0.4 is 11.1 Å². The van der Waals surface area contributed by atoms with Crippen LogP contribution in [0.3, 0.4) is 0 Å². The van der Waals surface area contributed by atoms with Crippen molar-refractivity contribution in [3.8, 4) is 0 Å². The van der Waals surface area contributed by atoms with Gasteiger partial charge in [-0.1, -0.05) is 39.2 Å². The number of nitrogens with two attached hydrogens (primary N) is 1. The molecule has 9 nitrogen and oxygen atoms in total. The molecule has 3 atom stereocenters. The summed E-state index contributed by atoms with van der Waals surface area (Å²) in [6, 6.07) is 0. The predicted molar refractivity (Wildman–Crippen MR) is 119 cm³/mol. The average molecular weight is 473 g/mol. The Kier molecular flexibility index (Phi) is 14.2. The van der Waals surface area contributed by atoms with Crippen molar-refractivity contribution in [1.29, 1.82) is 0 Å². The van der Waals surface area contributed by atoms with E-state index in [9.17, 15) is 28.2 Å². The zero-order chi connectivity index (χ0) is 25.4. The molecule has 1 saturated heterocycles. The number of ether oxygens (including phenoxy) is 1. The Labute approximate surface area is 190 Å². The summed E-state index contributed by atoms with van der Waals surface area (Å²) < 4.78 is 40.7. The Morgan fingerprint density at radius 1 is 1.33 bits per heavy atom. The van der Waals surface area contributed by atoms with Crippen molar-refractivity contribution < 1.29 is 32.9 Å². The molecule has 2 rings (SSSR count). The molecule has 0 bridgehead atoms. The van der Waals surface area contributed by atoms with Crippen molar-refractivity contribution in [3.05, 3.63) is 55.2 Å². The number of halogens is 3. The van der Waals surface area contributed by atoms with Crippen LogP contribution in [0.5, 0.6) is 0 Å². The lowest BCUT2D eigenvalue weighted by atomic mass is 10.0. The third-order valence-electron chi connectivity index (χ3n) is 3.76. The van der Waals surface area contributed by atoms with Crippen molar-refractivity contribution in [1.82, 2.24) is 15.3 Å². The number of carbonyl (C=O) groups excluding carboxylic acids is 1. The van der Waals surface area contributed by atoms with Gasteiger partial charge in [-0.3, -0.25) is 14.8 Å². The summed E-state index contributed by atoms with van der Waals surface area (Å²) in [7, 11) is 0. The van der Waals surface area contributed by atoms with Crippen LogP contribution in [0.1, 0.15) is 26.0 Å². The van der Waals surface area contributed by atoms with Gasteiger partial charge in [-0.05, 0) is 12.5 Å². The number of carbonyl (C=O) groups is 1. The molecular weight excluding hydrogens is 443 g/mol. The monoisotopic (exact) mass is 473 g/mol. The van der Waals surface area contributed by atoms with E-state index in [1.807, 2.05) is 13.8 Å². The first-order chi connectivity index (χ1) is 15.6. The molecule has 3 unspecified atom stereocenters. The molecule has 1 amide bonds.